The number of nitrogens with zero attached hydrogens (tertiary/aromatic N) is 1. The lowest BCUT2D eigenvalue weighted by molar-refractivity contribution is -0.138. The molecule has 0 saturated heterocycles. The van der Waals surface area contributed by atoms with Gasteiger partial charge in [-0.25, -0.2) is 0 Å². The molecule has 2 rings (SSSR count). The van der Waals surface area contributed by atoms with Crippen molar-refractivity contribution in [2.24, 2.45) is 0 Å². The third-order valence-electron chi connectivity index (χ3n) is 4.58. The van der Waals surface area contributed by atoms with Gasteiger partial charge in [-0.3, -0.25) is 9.59 Å². The van der Waals surface area contributed by atoms with Crippen LogP contribution in [0.15, 0.2) is 36.4 Å². The maximum atomic E-state index is 13.0. The van der Waals surface area contributed by atoms with Crippen molar-refractivity contribution in [3.05, 3.63) is 68.7 Å². The monoisotopic (exact) mass is 452 g/mol. The maximum Gasteiger partial charge on any atom is 0.242 e. The number of thioether (sulfide) groups is 1. The van der Waals surface area contributed by atoms with Crippen molar-refractivity contribution in [1.82, 2.24) is 10.2 Å². The fourth-order valence-electron chi connectivity index (χ4n) is 3.14. The van der Waals surface area contributed by atoms with Gasteiger partial charge in [0.05, 0.1) is 5.75 Å². The molecule has 2 aromatic rings. The molecule has 0 radical (unpaired) electrons. The molecule has 0 heterocycles. The molecule has 0 fully saturated rings. The van der Waals surface area contributed by atoms with E-state index in [9.17, 15) is 9.59 Å². The third kappa shape index (κ3) is 6.66. The van der Waals surface area contributed by atoms with Crippen LogP contribution in [0.25, 0.3) is 0 Å². The zero-order chi connectivity index (χ0) is 21.6. The molecule has 0 aliphatic rings. The van der Waals surface area contributed by atoms with Gasteiger partial charge in [0.1, 0.15) is 6.04 Å². The minimum Gasteiger partial charge on any atom is -0.357 e. The van der Waals surface area contributed by atoms with E-state index in [1.54, 1.807) is 32.2 Å². The second-order valence-electron chi connectivity index (χ2n) is 7.00. The van der Waals surface area contributed by atoms with Gasteiger partial charge in [0.25, 0.3) is 0 Å². The molecule has 29 heavy (non-hydrogen) atoms. The Hall–Kier alpha value is -1.69. The summed E-state index contributed by atoms with van der Waals surface area (Å²) in [6, 6.07) is 10.9. The van der Waals surface area contributed by atoms with Gasteiger partial charge in [-0.15, -0.1) is 11.8 Å². The average molecular weight is 453 g/mol. The highest BCUT2D eigenvalue weighted by Gasteiger charge is 2.26. The Morgan fingerprint density at radius 1 is 1.10 bits per heavy atom. The van der Waals surface area contributed by atoms with E-state index in [0.717, 1.165) is 5.75 Å². The van der Waals surface area contributed by atoms with Gasteiger partial charge in [0.2, 0.25) is 11.8 Å². The fraction of sp³-hybridized carbons (Fsp3) is 0.364. The molecule has 2 amide bonds. The Morgan fingerprint density at radius 3 is 2.24 bits per heavy atom. The molecule has 0 unspecified atom stereocenters. The van der Waals surface area contributed by atoms with E-state index >= 15 is 0 Å². The van der Waals surface area contributed by atoms with Gasteiger partial charge in [-0.05, 0) is 38.5 Å². The average Bonchev–Trinajstić information content (AvgIpc) is 2.65. The van der Waals surface area contributed by atoms with Crippen LogP contribution in [0.3, 0.4) is 0 Å². The van der Waals surface area contributed by atoms with E-state index in [4.69, 9.17) is 23.2 Å². The quantitative estimate of drug-likeness (QED) is 0.612. The van der Waals surface area contributed by atoms with Crippen molar-refractivity contribution in [2.75, 3.05) is 12.8 Å². The molecule has 1 N–H and O–H groups in total. The van der Waals surface area contributed by atoms with Crippen LogP contribution in [0.5, 0.6) is 0 Å². The second kappa shape index (κ2) is 10.9. The van der Waals surface area contributed by atoms with Crippen molar-refractivity contribution in [3.8, 4) is 0 Å². The highest BCUT2D eigenvalue weighted by Crippen LogP contribution is 2.27. The first-order valence-electron chi connectivity index (χ1n) is 9.31. The lowest BCUT2D eigenvalue weighted by Gasteiger charge is -2.29. The molecule has 0 aliphatic heterocycles. The Kier molecular flexibility index (Phi) is 8.87. The van der Waals surface area contributed by atoms with Gasteiger partial charge in [0, 0.05) is 35.0 Å². The molecular weight excluding hydrogens is 427 g/mol. The van der Waals surface area contributed by atoms with Crippen molar-refractivity contribution in [1.29, 1.82) is 0 Å². The van der Waals surface area contributed by atoms with E-state index in [2.05, 4.69) is 37.4 Å². The molecule has 2 aromatic carbocycles. The van der Waals surface area contributed by atoms with Gasteiger partial charge >= 0.3 is 0 Å². The molecule has 0 aliphatic carbocycles. The number of hydrogen-bond acceptors (Lipinski definition) is 3. The Bertz CT molecular complexity index is 849. The smallest absolute Gasteiger partial charge is 0.242 e. The van der Waals surface area contributed by atoms with Gasteiger partial charge in [-0.1, -0.05) is 58.6 Å². The third-order valence-corrected chi connectivity index (χ3v) is 6.28. The predicted octanol–water partition coefficient (Wildman–Crippen LogP) is 5.01. The summed E-state index contributed by atoms with van der Waals surface area (Å²) in [5.41, 5.74) is 4.23. The highest BCUT2D eigenvalue weighted by molar-refractivity contribution is 7.99. The van der Waals surface area contributed by atoms with Crippen LogP contribution < -0.4 is 5.32 Å². The number of benzene rings is 2. The largest absolute Gasteiger partial charge is 0.357 e. The van der Waals surface area contributed by atoms with E-state index in [1.807, 2.05) is 0 Å². The number of likely N-dealkylation sites (N-methyl/N-ethyl adjacent to an activating group) is 1. The molecule has 4 nitrogen and oxygen atoms in total. The molecule has 7 heteroatoms. The standard InChI is InChI=1S/C22H26Cl2N2O2S/c1-14-8-15(2)10-17(9-14)12-29-13-21(27)26(16(3)22(28)25-4)11-18-19(23)6-5-7-20(18)24/h5-10,16H,11-13H2,1-4H3,(H,25,28)/t16-/m0/s1. The zero-order valence-electron chi connectivity index (χ0n) is 17.1. The first-order valence-corrected chi connectivity index (χ1v) is 11.2. The number of hydrogen-bond donors (Lipinski definition) is 1. The molecule has 156 valence electrons. The second-order valence-corrected chi connectivity index (χ2v) is 8.80. The molecule has 0 saturated carbocycles. The van der Waals surface area contributed by atoms with Crippen LogP contribution in [0.2, 0.25) is 10.0 Å². The Balaban J connectivity index is 2.12. The predicted molar refractivity (Wildman–Crippen MR) is 123 cm³/mol. The van der Waals surface area contributed by atoms with Crippen LogP contribution in [0.1, 0.15) is 29.2 Å². The summed E-state index contributed by atoms with van der Waals surface area (Å²) in [6.07, 6.45) is 0. The molecule has 0 bridgehead atoms. The number of halogens is 2. The number of rotatable bonds is 8. The molecule has 0 aromatic heterocycles. The van der Waals surface area contributed by atoms with Gasteiger partial charge < -0.3 is 10.2 Å². The van der Waals surface area contributed by atoms with Crippen LogP contribution in [-0.4, -0.2) is 35.6 Å². The summed E-state index contributed by atoms with van der Waals surface area (Å²) in [5, 5.41) is 3.55. The highest BCUT2D eigenvalue weighted by atomic mass is 35.5. The summed E-state index contributed by atoms with van der Waals surface area (Å²) in [5.74, 6) is 0.618. The molecule has 1 atom stereocenters. The maximum absolute atomic E-state index is 13.0. The van der Waals surface area contributed by atoms with Crippen LogP contribution in [-0.2, 0) is 21.9 Å². The number of amides is 2. The number of carbonyl (C=O) groups is 2. The molecular formula is C22H26Cl2N2O2S. The fourth-order valence-corrected chi connectivity index (χ4v) is 4.50. The van der Waals surface area contributed by atoms with E-state index in [-0.39, 0.29) is 24.1 Å². The van der Waals surface area contributed by atoms with Crippen molar-refractivity contribution < 1.29 is 9.59 Å². The van der Waals surface area contributed by atoms with Gasteiger partial charge in [-0.2, -0.15) is 0 Å². The SMILES string of the molecule is CNC(=O)[C@H](C)N(Cc1c(Cl)cccc1Cl)C(=O)CSCc1cc(C)cc(C)c1. The number of aryl methyl sites for hydroxylation is 2. The summed E-state index contributed by atoms with van der Waals surface area (Å²) >= 11 is 14.1. The molecule has 0 spiro atoms. The summed E-state index contributed by atoms with van der Waals surface area (Å²) in [7, 11) is 1.55. The van der Waals surface area contributed by atoms with Crippen LogP contribution in [0, 0.1) is 13.8 Å². The van der Waals surface area contributed by atoms with E-state index in [1.165, 1.54) is 33.4 Å². The van der Waals surface area contributed by atoms with Crippen molar-refractivity contribution >= 4 is 46.8 Å². The van der Waals surface area contributed by atoms with Gasteiger partial charge in [0.15, 0.2) is 0 Å². The number of nitrogens with one attached hydrogen (secondary N) is 1. The van der Waals surface area contributed by atoms with Crippen LogP contribution in [0.4, 0.5) is 0 Å². The summed E-state index contributed by atoms with van der Waals surface area (Å²) < 4.78 is 0. The minimum absolute atomic E-state index is 0.133. The summed E-state index contributed by atoms with van der Waals surface area (Å²) in [6.45, 7) is 6.00. The van der Waals surface area contributed by atoms with Crippen molar-refractivity contribution in [2.45, 2.75) is 39.1 Å². The number of carbonyl (C=O) groups excluding carboxylic acids is 2. The Morgan fingerprint density at radius 2 is 1.69 bits per heavy atom. The minimum atomic E-state index is -0.637. The lowest BCUT2D eigenvalue weighted by atomic mass is 10.1. The van der Waals surface area contributed by atoms with E-state index < -0.39 is 6.04 Å². The normalized spacial score (nSPS) is 11.8. The topological polar surface area (TPSA) is 49.4 Å². The van der Waals surface area contributed by atoms with Crippen molar-refractivity contribution in [3.63, 3.8) is 0 Å². The van der Waals surface area contributed by atoms with Crippen LogP contribution >= 0.6 is 35.0 Å². The first-order chi connectivity index (χ1) is 13.7. The first kappa shape index (κ1) is 23.6. The van der Waals surface area contributed by atoms with E-state index in [0.29, 0.717) is 15.6 Å². The Labute approximate surface area is 187 Å². The zero-order valence-corrected chi connectivity index (χ0v) is 19.4. The lowest BCUT2D eigenvalue weighted by Crippen LogP contribution is -2.47. The summed E-state index contributed by atoms with van der Waals surface area (Å²) in [4.78, 5) is 26.7.